The number of benzene rings is 1. The molecule has 0 radical (unpaired) electrons. The molecule has 2 rings (SSSR count). The van der Waals surface area contributed by atoms with Crippen molar-refractivity contribution < 1.29 is 14.7 Å². The first kappa shape index (κ1) is 14.5. The number of carbonyl (C=O) groups excluding carboxylic acids is 1. The van der Waals surface area contributed by atoms with Crippen molar-refractivity contribution in [1.29, 1.82) is 0 Å². The van der Waals surface area contributed by atoms with E-state index < -0.39 is 17.4 Å². The fourth-order valence-corrected chi connectivity index (χ4v) is 2.44. The molecule has 1 aromatic carbocycles. The Hall–Kier alpha value is -1.88. The molecule has 1 fully saturated rings. The molecule has 3 N–H and O–H groups in total. The molecule has 0 aliphatic carbocycles. The fraction of sp³-hybridized carbons (Fsp3) is 0.467. The molecule has 0 aromatic heterocycles. The molecule has 5 heteroatoms. The third-order valence-electron chi connectivity index (χ3n) is 3.91. The summed E-state index contributed by atoms with van der Waals surface area (Å²) in [5.74, 6) is -1.22. The number of piperidine rings is 1. The van der Waals surface area contributed by atoms with E-state index in [0.717, 1.165) is 25.9 Å². The van der Waals surface area contributed by atoms with Crippen LogP contribution in [0.25, 0.3) is 0 Å². The molecule has 1 heterocycles. The Morgan fingerprint density at radius 3 is 2.40 bits per heavy atom. The number of carboxylic acids is 1. The highest BCUT2D eigenvalue weighted by atomic mass is 16.4. The van der Waals surface area contributed by atoms with Crippen LogP contribution in [-0.2, 0) is 9.59 Å². The van der Waals surface area contributed by atoms with Crippen LogP contribution in [0.5, 0.6) is 0 Å². The smallest absolute Gasteiger partial charge is 0.330 e. The maximum Gasteiger partial charge on any atom is 0.330 e. The van der Waals surface area contributed by atoms with Gasteiger partial charge in [-0.25, -0.2) is 4.79 Å². The topological polar surface area (TPSA) is 78.4 Å². The van der Waals surface area contributed by atoms with Gasteiger partial charge in [-0.1, -0.05) is 37.3 Å². The van der Waals surface area contributed by atoms with Gasteiger partial charge >= 0.3 is 5.97 Å². The number of hydrogen-bond acceptors (Lipinski definition) is 3. The van der Waals surface area contributed by atoms with Gasteiger partial charge in [0.2, 0.25) is 5.91 Å². The minimum absolute atomic E-state index is 0.185. The number of carboxylic acid groups (broad SMARTS) is 1. The average molecular weight is 276 g/mol. The summed E-state index contributed by atoms with van der Waals surface area (Å²) in [5, 5.41) is 15.2. The van der Waals surface area contributed by atoms with Crippen molar-refractivity contribution in [2.75, 3.05) is 13.1 Å². The van der Waals surface area contributed by atoms with Crippen molar-refractivity contribution in [3.63, 3.8) is 0 Å². The average Bonchev–Trinajstić information content (AvgIpc) is 2.45. The van der Waals surface area contributed by atoms with Crippen LogP contribution in [0.2, 0.25) is 0 Å². The molecule has 5 nitrogen and oxygen atoms in total. The molecule has 1 aromatic rings. The third kappa shape index (κ3) is 3.17. The Kier molecular flexibility index (Phi) is 4.39. The maximum absolute atomic E-state index is 12.4. The number of aliphatic carboxylic acids is 1. The van der Waals surface area contributed by atoms with Gasteiger partial charge in [-0.15, -0.1) is 0 Å². The zero-order valence-electron chi connectivity index (χ0n) is 11.6. The molecule has 0 bridgehead atoms. The number of hydrogen-bond donors (Lipinski definition) is 3. The summed E-state index contributed by atoms with van der Waals surface area (Å²) in [5.41, 5.74) is 0.0965. The van der Waals surface area contributed by atoms with Crippen LogP contribution >= 0.6 is 0 Å². The van der Waals surface area contributed by atoms with Gasteiger partial charge in [-0.05, 0) is 31.5 Å². The Morgan fingerprint density at radius 2 is 1.85 bits per heavy atom. The van der Waals surface area contributed by atoms with Gasteiger partial charge in [0.1, 0.15) is 0 Å². The number of nitrogens with one attached hydrogen (secondary N) is 2. The van der Waals surface area contributed by atoms with Gasteiger partial charge in [0.25, 0.3) is 0 Å². The Bertz CT molecular complexity index is 481. The van der Waals surface area contributed by atoms with Crippen molar-refractivity contribution in [3.8, 4) is 0 Å². The molecule has 1 atom stereocenters. The van der Waals surface area contributed by atoms with E-state index in [0.29, 0.717) is 5.56 Å². The lowest BCUT2D eigenvalue weighted by Gasteiger charge is -2.33. The van der Waals surface area contributed by atoms with E-state index in [2.05, 4.69) is 10.6 Å². The monoisotopic (exact) mass is 276 g/mol. The summed E-state index contributed by atoms with van der Waals surface area (Å²) < 4.78 is 0. The summed E-state index contributed by atoms with van der Waals surface area (Å²) in [6.07, 6.45) is 1.44. The number of rotatable bonds is 4. The lowest BCUT2D eigenvalue weighted by molar-refractivity contribution is -0.144. The molecular weight excluding hydrogens is 256 g/mol. The second kappa shape index (κ2) is 6.05. The van der Waals surface area contributed by atoms with Crippen molar-refractivity contribution >= 4 is 11.9 Å². The summed E-state index contributed by atoms with van der Waals surface area (Å²) in [6.45, 7) is 3.47. The fourth-order valence-electron chi connectivity index (χ4n) is 2.44. The molecule has 20 heavy (non-hydrogen) atoms. The summed E-state index contributed by atoms with van der Waals surface area (Å²) >= 11 is 0. The zero-order valence-corrected chi connectivity index (χ0v) is 11.6. The molecule has 1 aliphatic heterocycles. The van der Waals surface area contributed by atoms with E-state index in [1.165, 1.54) is 0 Å². The lowest BCUT2D eigenvalue weighted by atomic mass is 9.80. The maximum atomic E-state index is 12.4. The van der Waals surface area contributed by atoms with Crippen LogP contribution in [0.1, 0.15) is 31.4 Å². The molecule has 0 spiro atoms. The van der Waals surface area contributed by atoms with Gasteiger partial charge in [0.15, 0.2) is 6.04 Å². The summed E-state index contributed by atoms with van der Waals surface area (Å²) in [4.78, 5) is 23.8. The normalized spacial score (nSPS) is 19.1. The highest BCUT2D eigenvalue weighted by molar-refractivity contribution is 5.88. The Balaban J connectivity index is 2.12. The molecule has 0 saturated carbocycles. The van der Waals surface area contributed by atoms with Crippen LogP contribution in [0.3, 0.4) is 0 Å². The lowest BCUT2D eigenvalue weighted by Crippen LogP contribution is -2.48. The first-order valence-corrected chi connectivity index (χ1v) is 6.82. The second-order valence-corrected chi connectivity index (χ2v) is 5.47. The van der Waals surface area contributed by atoms with E-state index in [9.17, 15) is 14.7 Å². The van der Waals surface area contributed by atoms with E-state index in [1.807, 2.05) is 13.0 Å². The number of amides is 1. The van der Waals surface area contributed by atoms with Crippen LogP contribution < -0.4 is 10.6 Å². The standard InChI is InChI=1S/C15H20N2O3/c1-15(7-9-16-10-8-15)14(20)17-12(13(18)19)11-5-3-2-4-6-11/h2-6,12,16H,7-10H2,1H3,(H,17,20)(H,18,19)/t12-/m0/s1. The predicted molar refractivity (Wildman–Crippen MR) is 75.2 cm³/mol. The van der Waals surface area contributed by atoms with Crippen molar-refractivity contribution in [1.82, 2.24) is 10.6 Å². The Labute approximate surface area is 118 Å². The van der Waals surface area contributed by atoms with Crippen molar-refractivity contribution in [2.45, 2.75) is 25.8 Å². The molecule has 1 aliphatic rings. The van der Waals surface area contributed by atoms with Gasteiger partial charge in [0.05, 0.1) is 0 Å². The first-order valence-electron chi connectivity index (χ1n) is 6.82. The minimum Gasteiger partial charge on any atom is -0.479 e. The molecule has 1 saturated heterocycles. The summed E-state index contributed by atoms with van der Waals surface area (Å²) in [6, 6.07) is 7.79. The van der Waals surface area contributed by atoms with Crippen LogP contribution in [0, 0.1) is 5.41 Å². The first-order chi connectivity index (χ1) is 9.53. The SMILES string of the molecule is CC1(C(=O)N[C@H](C(=O)O)c2ccccc2)CCNCC1. The highest BCUT2D eigenvalue weighted by Crippen LogP contribution is 2.29. The zero-order chi connectivity index (χ0) is 14.6. The molecular formula is C15H20N2O3. The predicted octanol–water partition coefficient (Wildman–Crippen LogP) is 1.32. The van der Waals surface area contributed by atoms with Crippen LogP contribution in [0.4, 0.5) is 0 Å². The molecule has 0 unspecified atom stereocenters. The van der Waals surface area contributed by atoms with E-state index >= 15 is 0 Å². The van der Waals surface area contributed by atoms with E-state index in [1.54, 1.807) is 24.3 Å². The quantitative estimate of drug-likeness (QED) is 0.775. The van der Waals surface area contributed by atoms with Gasteiger partial charge in [-0.2, -0.15) is 0 Å². The highest BCUT2D eigenvalue weighted by Gasteiger charge is 2.36. The molecule has 108 valence electrons. The minimum atomic E-state index is -1.04. The van der Waals surface area contributed by atoms with Gasteiger partial charge in [-0.3, -0.25) is 4.79 Å². The van der Waals surface area contributed by atoms with Crippen molar-refractivity contribution in [3.05, 3.63) is 35.9 Å². The number of carbonyl (C=O) groups is 2. The van der Waals surface area contributed by atoms with E-state index in [-0.39, 0.29) is 5.91 Å². The Morgan fingerprint density at radius 1 is 1.25 bits per heavy atom. The van der Waals surface area contributed by atoms with Gasteiger partial charge in [0, 0.05) is 5.41 Å². The van der Waals surface area contributed by atoms with Crippen molar-refractivity contribution in [2.24, 2.45) is 5.41 Å². The van der Waals surface area contributed by atoms with E-state index in [4.69, 9.17) is 0 Å². The molecule has 1 amide bonds. The van der Waals surface area contributed by atoms with Crippen LogP contribution in [0.15, 0.2) is 30.3 Å². The summed E-state index contributed by atoms with van der Waals surface area (Å²) in [7, 11) is 0. The second-order valence-electron chi connectivity index (χ2n) is 5.47. The van der Waals surface area contributed by atoms with Crippen LogP contribution in [-0.4, -0.2) is 30.1 Å². The largest absolute Gasteiger partial charge is 0.479 e. The van der Waals surface area contributed by atoms with Gasteiger partial charge < -0.3 is 15.7 Å². The third-order valence-corrected chi connectivity index (χ3v) is 3.91.